The lowest BCUT2D eigenvalue weighted by atomic mass is 10.2. The van der Waals surface area contributed by atoms with E-state index in [2.05, 4.69) is 31.9 Å². The average molecular weight is 391 g/mol. The third-order valence-electron chi connectivity index (χ3n) is 2.36. The van der Waals surface area contributed by atoms with Crippen LogP contribution < -0.4 is 10.5 Å². The molecule has 94 valence electrons. The maximum atomic E-state index is 6.09. The van der Waals surface area contributed by atoms with Crippen molar-refractivity contribution in [1.82, 2.24) is 0 Å². The van der Waals surface area contributed by atoms with Crippen molar-refractivity contribution in [2.75, 3.05) is 0 Å². The zero-order valence-corrected chi connectivity index (χ0v) is 13.2. The van der Waals surface area contributed by atoms with E-state index in [0.29, 0.717) is 23.1 Å². The molecular weight excluding hydrogens is 381 g/mol. The molecule has 0 heterocycles. The average Bonchev–Trinajstić information content (AvgIpc) is 2.36. The Morgan fingerprint density at radius 3 is 2.39 bits per heavy atom. The molecule has 5 heteroatoms. The minimum atomic E-state index is 0.403. The summed E-state index contributed by atoms with van der Waals surface area (Å²) in [5.74, 6) is 1.31. The minimum Gasteiger partial charge on any atom is -0.455 e. The molecule has 0 aliphatic heterocycles. The van der Waals surface area contributed by atoms with E-state index in [4.69, 9.17) is 22.1 Å². The summed E-state index contributed by atoms with van der Waals surface area (Å²) in [5.41, 5.74) is 6.62. The smallest absolute Gasteiger partial charge is 0.147 e. The number of hydrogen-bond donors (Lipinski definition) is 1. The summed E-state index contributed by atoms with van der Waals surface area (Å²) < 4.78 is 7.68. The van der Waals surface area contributed by atoms with E-state index in [1.165, 1.54) is 0 Å². The van der Waals surface area contributed by atoms with Crippen LogP contribution in [0.1, 0.15) is 5.56 Å². The second-order valence-electron chi connectivity index (χ2n) is 3.63. The Morgan fingerprint density at radius 1 is 1.00 bits per heavy atom. The molecule has 0 aliphatic rings. The molecule has 2 rings (SSSR count). The van der Waals surface area contributed by atoms with Gasteiger partial charge in [0, 0.05) is 21.1 Å². The number of hydrogen-bond acceptors (Lipinski definition) is 2. The number of ether oxygens (including phenoxy) is 1. The monoisotopic (exact) mass is 389 g/mol. The summed E-state index contributed by atoms with van der Waals surface area (Å²) >= 11 is 12.9. The molecular formula is C13H10Br2ClNO. The zero-order valence-electron chi connectivity index (χ0n) is 9.29. The molecule has 0 radical (unpaired) electrons. The number of benzene rings is 2. The summed E-state index contributed by atoms with van der Waals surface area (Å²) in [6.45, 7) is 0.403. The van der Waals surface area contributed by atoms with Crippen LogP contribution in [-0.2, 0) is 6.54 Å². The molecule has 0 fully saturated rings. The summed E-state index contributed by atoms with van der Waals surface area (Å²) in [6.07, 6.45) is 0. The highest BCUT2D eigenvalue weighted by molar-refractivity contribution is 9.10. The van der Waals surface area contributed by atoms with Crippen molar-refractivity contribution in [1.29, 1.82) is 0 Å². The van der Waals surface area contributed by atoms with Gasteiger partial charge in [0.25, 0.3) is 0 Å². The lowest BCUT2D eigenvalue weighted by molar-refractivity contribution is 0.476. The zero-order chi connectivity index (χ0) is 13.1. The molecule has 0 saturated carbocycles. The first-order valence-corrected chi connectivity index (χ1v) is 7.18. The SMILES string of the molecule is NCc1cc(Br)ccc1Oc1cc(Br)ccc1Cl. The Kier molecular flexibility index (Phi) is 4.67. The fraction of sp³-hybridized carbons (Fsp3) is 0.0769. The molecule has 0 unspecified atom stereocenters. The molecule has 0 atom stereocenters. The first-order chi connectivity index (χ1) is 8.60. The highest BCUT2D eigenvalue weighted by Crippen LogP contribution is 2.34. The summed E-state index contributed by atoms with van der Waals surface area (Å²) in [7, 11) is 0. The van der Waals surface area contributed by atoms with Crippen molar-refractivity contribution >= 4 is 43.5 Å². The fourth-order valence-corrected chi connectivity index (χ4v) is 2.39. The Labute approximate surface area is 127 Å². The molecule has 2 aromatic rings. The summed E-state index contributed by atoms with van der Waals surface area (Å²) in [4.78, 5) is 0. The van der Waals surface area contributed by atoms with Gasteiger partial charge >= 0.3 is 0 Å². The third-order valence-corrected chi connectivity index (χ3v) is 3.65. The van der Waals surface area contributed by atoms with Crippen molar-refractivity contribution in [3.8, 4) is 11.5 Å². The van der Waals surface area contributed by atoms with Gasteiger partial charge in [-0.05, 0) is 36.4 Å². The van der Waals surface area contributed by atoms with Gasteiger partial charge < -0.3 is 10.5 Å². The van der Waals surface area contributed by atoms with Crippen LogP contribution in [0.15, 0.2) is 45.3 Å². The van der Waals surface area contributed by atoms with Gasteiger partial charge in [-0.2, -0.15) is 0 Å². The van der Waals surface area contributed by atoms with Gasteiger partial charge in [-0.25, -0.2) is 0 Å². The Hall–Kier alpha value is -0.550. The van der Waals surface area contributed by atoms with E-state index in [-0.39, 0.29) is 0 Å². The Balaban J connectivity index is 2.36. The van der Waals surface area contributed by atoms with E-state index in [1.807, 2.05) is 30.3 Å². The predicted octanol–water partition coefficient (Wildman–Crippen LogP) is 5.12. The van der Waals surface area contributed by atoms with Crippen molar-refractivity contribution in [3.63, 3.8) is 0 Å². The van der Waals surface area contributed by atoms with Crippen molar-refractivity contribution in [3.05, 3.63) is 55.9 Å². The summed E-state index contributed by atoms with van der Waals surface area (Å²) in [6, 6.07) is 11.2. The van der Waals surface area contributed by atoms with Crippen LogP contribution in [0.3, 0.4) is 0 Å². The van der Waals surface area contributed by atoms with Crippen LogP contribution in [0.5, 0.6) is 11.5 Å². The molecule has 0 amide bonds. The van der Waals surface area contributed by atoms with Crippen LogP contribution in [0.25, 0.3) is 0 Å². The number of rotatable bonds is 3. The van der Waals surface area contributed by atoms with Gasteiger partial charge in [-0.3, -0.25) is 0 Å². The quantitative estimate of drug-likeness (QED) is 0.789. The van der Waals surface area contributed by atoms with Gasteiger partial charge in [-0.15, -0.1) is 0 Å². The Bertz CT molecular complexity index is 575. The van der Waals surface area contributed by atoms with E-state index >= 15 is 0 Å². The lowest BCUT2D eigenvalue weighted by Crippen LogP contribution is -1.99. The maximum Gasteiger partial charge on any atom is 0.147 e. The maximum absolute atomic E-state index is 6.09. The van der Waals surface area contributed by atoms with E-state index in [1.54, 1.807) is 6.07 Å². The molecule has 0 aliphatic carbocycles. The van der Waals surface area contributed by atoms with Gasteiger partial charge in [-0.1, -0.05) is 43.5 Å². The molecule has 0 bridgehead atoms. The van der Waals surface area contributed by atoms with Crippen molar-refractivity contribution < 1.29 is 4.74 Å². The topological polar surface area (TPSA) is 35.2 Å². The first kappa shape index (κ1) is 13.9. The molecule has 2 nitrogen and oxygen atoms in total. The van der Waals surface area contributed by atoms with Crippen LogP contribution in [0.4, 0.5) is 0 Å². The van der Waals surface area contributed by atoms with Gasteiger partial charge in [0.2, 0.25) is 0 Å². The molecule has 2 aromatic carbocycles. The van der Waals surface area contributed by atoms with E-state index in [0.717, 1.165) is 14.5 Å². The van der Waals surface area contributed by atoms with Gasteiger partial charge in [0.1, 0.15) is 11.5 Å². The second-order valence-corrected chi connectivity index (χ2v) is 5.87. The molecule has 18 heavy (non-hydrogen) atoms. The highest BCUT2D eigenvalue weighted by Gasteiger charge is 2.08. The normalized spacial score (nSPS) is 10.4. The van der Waals surface area contributed by atoms with Crippen LogP contribution >= 0.6 is 43.5 Å². The van der Waals surface area contributed by atoms with Crippen molar-refractivity contribution in [2.24, 2.45) is 5.73 Å². The lowest BCUT2D eigenvalue weighted by Gasteiger charge is -2.12. The Morgan fingerprint density at radius 2 is 1.67 bits per heavy atom. The van der Waals surface area contributed by atoms with Crippen LogP contribution in [0.2, 0.25) is 5.02 Å². The minimum absolute atomic E-state index is 0.403. The second kappa shape index (κ2) is 6.06. The predicted molar refractivity (Wildman–Crippen MR) is 81.3 cm³/mol. The highest BCUT2D eigenvalue weighted by atomic mass is 79.9. The molecule has 0 saturated heterocycles. The third kappa shape index (κ3) is 3.26. The van der Waals surface area contributed by atoms with Crippen molar-refractivity contribution in [2.45, 2.75) is 6.54 Å². The van der Waals surface area contributed by atoms with E-state index < -0.39 is 0 Å². The van der Waals surface area contributed by atoms with E-state index in [9.17, 15) is 0 Å². The summed E-state index contributed by atoms with van der Waals surface area (Å²) in [5, 5.41) is 0.559. The van der Waals surface area contributed by atoms with Gasteiger partial charge in [0.15, 0.2) is 0 Å². The fourth-order valence-electron chi connectivity index (χ4n) is 1.48. The largest absolute Gasteiger partial charge is 0.455 e. The number of halogens is 3. The standard InChI is InChI=1S/C13H10Br2ClNO/c14-9-2-4-12(8(5-9)7-17)18-13-6-10(15)1-3-11(13)16/h1-6H,7,17H2. The number of nitrogens with two attached hydrogens (primary N) is 1. The van der Waals surface area contributed by atoms with Crippen LogP contribution in [-0.4, -0.2) is 0 Å². The van der Waals surface area contributed by atoms with Crippen LogP contribution in [0, 0.1) is 0 Å². The first-order valence-electron chi connectivity index (χ1n) is 5.21. The molecule has 0 spiro atoms. The molecule has 2 N–H and O–H groups in total. The molecule has 0 aromatic heterocycles. The van der Waals surface area contributed by atoms with Gasteiger partial charge in [0.05, 0.1) is 5.02 Å².